The first-order valence-electron chi connectivity index (χ1n) is 21.8. The molecule has 1 aliphatic carbocycles. The first-order valence-corrected chi connectivity index (χ1v) is 21.8. The van der Waals surface area contributed by atoms with Gasteiger partial charge in [-0.3, -0.25) is 9.59 Å². The molecular weight excluding hydrogens is 833 g/mol. The summed E-state index contributed by atoms with van der Waals surface area (Å²) in [6, 6.07) is 31.4. The molecule has 0 fully saturated rings. The van der Waals surface area contributed by atoms with Gasteiger partial charge in [0.25, 0.3) is 11.8 Å². The van der Waals surface area contributed by atoms with Gasteiger partial charge in [-0.15, -0.1) is 0 Å². The van der Waals surface area contributed by atoms with Crippen LogP contribution in [0.3, 0.4) is 0 Å². The van der Waals surface area contributed by atoms with Gasteiger partial charge < -0.3 is 30.6 Å². The number of rotatable bonds is 8. The summed E-state index contributed by atoms with van der Waals surface area (Å²) in [5, 5.41) is 77.9. The third-order valence-electron chi connectivity index (χ3n) is 11.9. The maximum Gasteiger partial charge on any atom is 0.273 e. The largest absolute Gasteiger partial charge is 0.507 e. The summed E-state index contributed by atoms with van der Waals surface area (Å²) in [6.45, 7) is 12.3. The highest BCUT2D eigenvalue weighted by molar-refractivity contribution is 5.87. The Kier molecular flexibility index (Phi) is 13.5. The molecule has 340 valence electrons. The van der Waals surface area contributed by atoms with Crippen LogP contribution in [0.1, 0.15) is 132 Å². The summed E-state index contributed by atoms with van der Waals surface area (Å²) in [5.41, 5.74) is 11.5. The number of hydrazone groups is 2. The number of phenols is 4. The molecule has 2 atom stereocenters. The number of aliphatic hydroxyl groups is 2. The molecule has 0 spiro atoms. The topological polar surface area (TPSA) is 204 Å². The number of fused-ring (bicyclic) bond motifs is 8. The minimum atomic E-state index is -1.45. The molecule has 6 aromatic rings. The van der Waals surface area contributed by atoms with Crippen molar-refractivity contribution in [3.05, 3.63) is 187 Å². The second-order valence-electron chi connectivity index (χ2n) is 19.0. The predicted molar refractivity (Wildman–Crippen MR) is 255 cm³/mol. The number of aromatic hydroxyl groups is 4. The average Bonchev–Trinajstić information content (AvgIpc) is 3.27. The van der Waals surface area contributed by atoms with Gasteiger partial charge in [-0.05, 0) is 113 Å². The number of phenolic OH excluding ortho intramolecular Hbond substituents is 4. The average molecular weight is 889 g/mol. The van der Waals surface area contributed by atoms with Crippen LogP contribution in [0.5, 0.6) is 23.0 Å². The van der Waals surface area contributed by atoms with Crippen molar-refractivity contribution in [2.24, 2.45) is 10.2 Å². The highest BCUT2D eigenvalue weighted by Crippen LogP contribution is 2.41. The Morgan fingerprint density at radius 1 is 0.470 bits per heavy atom. The molecule has 6 aromatic carbocycles. The van der Waals surface area contributed by atoms with E-state index >= 15 is 0 Å². The van der Waals surface area contributed by atoms with Crippen molar-refractivity contribution in [3.8, 4) is 23.0 Å². The standard InChI is InChI=1S/C54H56N4O8/c1-53(2,3)43-25-39-21-35-17-31(29-55-57-51(65)49(63)33-13-9-7-10-14-33)19-37(45(35)59)23-41-27-44(54(4,5)6)28-42(48(41)62)24-38-20-32(18-36(46(38)60)22-40(26-43)47(39)61)30-56-58-52(66)50(64)34-15-11-8-12-16-34/h7-20,25-30,49-50,59-64H,21-24H2,1-6H3,(H,57,65)(H,58,66)/b55-29+,56-30+. The monoisotopic (exact) mass is 888 g/mol. The van der Waals surface area contributed by atoms with E-state index < -0.39 is 24.0 Å². The van der Waals surface area contributed by atoms with E-state index in [0.717, 1.165) is 11.1 Å². The van der Waals surface area contributed by atoms with E-state index in [2.05, 4.69) is 62.6 Å². The summed E-state index contributed by atoms with van der Waals surface area (Å²) >= 11 is 0. The second-order valence-corrected chi connectivity index (χ2v) is 19.0. The molecule has 0 heterocycles. The van der Waals surface area contributed by atoms with Gasteiger partial charge in [-0.2, -0.15) is 10.2 Å². The third-order valence-corrected chi connectivity index (χ3v) is 11.9. The molecule has 12 nitrogen and oxygen atoms in total. The van der Waals surface area contributed by atoms with Crippen LogP contribution < -0.4 is 10.9 Å². The summed E-state index contributed by atoms with van der Waals surface area (Å²) in [4.78, 5) is 25.8. The normalized spacial score (nSPS) is 13.9. The summed E-state index contributed by atoms with van der Waals surface area (Å²) in [6.07, 6.45) is 0.219. The molecule has 0 aromatic heterocycles. The molecule has 0 saturated carbocycles. The minimum absolute atomic E-state index is 0.0304. The summed E-state index contributed by atoms with van der Waals surface area (Å²) in [5.74, 6) is -1.60. The molecule has 7 rings (SSSR count). The lowest BCUT2D eigenvalue weighted by Gasteiger charge is -2.24. The fourth-order valence-electron chi connectivity index (χ4n) is 8.04. The molecule has 12 heteroatoms. The van der Waals surface area contributed by atoms with E-state index in [4.69, 9.17) is 0 Å². The van der Waals surface area contributed by atoms with Crippen molar-refractivity contribution in [3.63, 3.8) is 0 Å². The van der Waals surface area contributed by atoms with Crippen LogP contribution in [0.2, 0.25) is 0 Å². The van der Waals surface area contributed by atoms with Gasteiger partial charge in [0.05, 0.1) is 12.4 Å². The first-order chi connectivity index (χ1) is 31.3. The van der Waals surface area contributed by atoms with Gasteiger partial charge >= 0.3 is 0 Å². The lowest BCUT2D eigenvalue weighted by atomic mass is 9.81. The maximum atomic E-state index is 12.9. The SMILES string of the molecule is CC(C)(C)c1cc2c(O)c(c1)Cc1cc(/C=N/NC(=O)C(O)c3ccccc3)cc(c1O)Cc1cc(C(C)(C)C)cc(c1O)Cc1cc(/C=N/NC(=O)C(O)c3ccccc3)cc(c1O)C2. The van der Waals surface area contributed by atoms with E-state index in [1.165, 1.54) is 12.4 Å². The zero-order chi connectivity index (χ0) is 47.5. The number of benzene rings is 6. The number of nitrogens with zero attached hydrogens (tertiary/aromatic N) is 2. The van der Waals surface area contributed by atoms with Gasteiger partial charge in [-0.1, -0.05) is 126 Å². The van der Waals surface area contributed by atoms with Crippen LogP contribution in [0.15, 0.2) is 119 Å². The molecule has 8 bridgehead atoms. The molecule has 1 aliphatic rings. The number of aliphatic hydroxyl groups excluding tert-OH is 2. The zero-order valence-corrected chi connectivity index (χ0v) is 37.9. The molecule has 66 heavy (non-hydrogen) atoms. The fourth-order valence-corrected chi connectivity index (χ4v) is 8.04. The number of nitrogens with one attached hydrogen (secondary N) is 2. The zero-order valence-electron chi connectivity index (χ0n) is 37.9. The second kappa shape index (κ2) is 19.1. The Hall–Kier alpha value is -7.28. The Balaban J connectivity index is 1.35. The Bertz CT molecular complexity index is 2550. The minimum Gasteiger partial charge on any atom is -0.507 e. The number of carbonyl (C=O) groups excluding carboxylic acids is 2. The summed E-state index contributed by atoms with van der Waals surface area (Å²) < 4.78 is 0. The number of carbonyl (C=O) groups is 2. The van der Waals surface area contributed by atoms with Crippen molar-refractivity contribution in [1.82, 2.24) is 10.9 Å². The van der Waals surface area contributed by atoms with Crippen molar-refractivity contribution in [1.29, 1.82) is 0 Å². The quantitative estimate of drug-likeness (QED) is 0.0551. The van der Waals surface area contributed by atoms with Crippen LogP contribution in [-0.4, -0.2) is 54.9 Å². The molecule has 0 saturated heterocycles. The van der Waals surface area contributed by atoms with Crippen molar-refractivity contribution in [2.45, 2.75) is 90.3 Å². The van der Waals surface area contributed by atoms with Crippen LogP contribution in [0, 0.1) is 0 Å². The number of amides is 2. The smallest absolute Gasteiger partial charge is 0.273 e. The lowest BCUT2D eigenvalue weighted by molar-refractivity contribution is -0.130. The Labute approximate surface area is 384 Å². The van der Waals surface area contributed by atoms with Gasteiger partial charge in [0, 0.05) is 25.7 Å². The van der Waals surface area contributed by atoms with Crippen LogP contribution >= 0.6 is 0 Å². The molecule has 8 N–H and O–H groups in total. The highest BCUT2D eigenvalue weighted by atomic mass is 16.3. The van der Waals surface area contributed by atoms with Gasteiger partial charge in [-0.25, -0.2) is 10.9 Å². The van der Waals surface area contributed by atoms with Crippen molar-refractivity contribution >= 4 is 24.2 Å². The van der Waals surface area contributed by atoms with Crippen molar-refractivity contribution in [2.75, 3.05) is 0 Å². The molecular formula is C54H56N4O8. The van der Waals surface area contributed by atoms with Crippen molar-refractivity contribution < 1.29 is 40.2 Å². The van der Waals surface area contributed by atoms with Gasteiger partial charge in [0.15, 0.2) is 12.2 Å². The van der Waals surface area contributed by atoms with E-state index in [9.17, 15) is 40.2 Å². The van der Waals surface area contributed by atoms with Crippen LogP contribution in [0.25, 0.3) is 0 Å². The number of hydrogen-bond donors (Lipinski definition) is 8. The molecule has 0 aliphatic heterocycles. The van der Waals surface area contributed by atoms with Crippen LogP contribution in [-0.2, 0) is 46.1 Å². The first kappa shape index (κ1) is 46.7. The molecule has 2 unspecified atom stereocenters. The van der Waals surface area contributed by atoms with E-state index in [0.29, 0.717) is 66.8 Å². The van der Waals surface area contributed by atoms with E-state index in [1.807, 2.05) is 24.3 Å². The predicted octanol–water partition coefficient (Wildman–Crippen LogP) is 8.15. The van der Waals surface area contributed by atoms with Gasteiger partial charge in [0.2, 0.25) is 0 Å². The number of hydrogen-bond acceptors (Lipinski definition) is 10. The van der Waals surface area contributed by atoms with Gasteiger partial charge in [0.1, 0.15) is 23.0 Å². The van der Waals surface area contributed by atoms with Crippen LogP contribution in [0.4, 0.5) is 0 Å². The maximum absolute atomic E-state index is 12.9. The Morgan fingerprint density at radius 2 is 0.727 bits per heavy atom. The lowest BCUT2D eigenvalue weighted by Crippen LogP contribution is -2.25. The molecule has 2 amide bonds. The summed E-state index contributed by atoms with van der Waals surface area (Å²) in [7, 11) is 0. The van der Waals surface area contributed by atoms with E-state index in [-0.39, 0.29) is 59.5 Å². The fraction of sp³-hybridized carbons (Fsp3) is 0.259. The third kappa shape index (κ3) is 10.6. The van der Waals surface area contributed by atoms with E-state index in [1.54, 1.807) is 84.9 Å². The highest BCUT2D eigenvalue weighted by Gasteiger charge is 2.26. The molecule has 0 radical (unpaired) electrons. The Morgan fingerprint density at radius 3 is 0.985 bits per heavy atom.